The molecule has 1 rings (SSSR count). The molecule has 1 aromatic rings. The molecule has 6 heteroatoms. The minimum atomic E-state index is -4.53. The highest BCUT2D eigenvalue weighted by atomic mass is 35.5. The Hall–Kier alpha value is -0.740. The summed E-state index contributed by atoms with van der Waals surface area (Å²) in [5.41, 5.74) is -0.980. The van der Waals surface area contributed by atoms with E-state index in [9.17, 15) is 18.0 Å². The van der Waals surface area contributed by atoms with E-state index in [-0.39, 0.29) is 22.1 Å². The lowest BCUT2D eigenvalue weighted by molar-refractivity contribution is -0.137. The van der Waals surface area contributed by atoms with Crippen molar-refractivity contribution >= 4 is 28.4 Å². The lowest BCUT2D eigenvalue weighted by atomic mass is 9.97. The number of rotatable bonds is 2. The Labute approximate surface area is 107 Å². The van der Waals surface area contributed by atoms with Gasteiger partial charge in [-0.25, -0.2) is 0 Å². The Morgan fingerprint density at radius 1 is 1.29 bits per heavy atom. The summed E-state index contributed by atoms with van der Waals surface area (Å²) in [6.45, 7) is 3.37. The summed E-state index contributed by atoms with van der Waals surface area (Å²) in [6, 6.07) is 1.61. The van der Waals surface area contributed by atoms with Crippen molar-refractivity contribution in [1.82, 2.24) is 0 Å². The predicted molar refractivity (Wildman–Crippen MR) is 60.7 cm³/mol. The maximum Gasteiger partial charge on any atom is 0.416 e. The van der Waals surface area contributed by atoms with Crippen LogP contribution in [0.3, 0.4) is 0 Å². The zero-order valence-corrected chi connectivity index (χ0v) is 10.5. The fraction of sp³-hybridized carbons (Fsp3) is 0.364. The SMILES string of the molecule is CC(C)c1cc(C(F)(F)F)cc(C(=O)Cl)c1Cl. The molecule has 0 N–H and O–H groups in total. The van der Waals surface area contributed by atoms with Crippen molar-refractivity contribution in [3.8, 4) is 0 Å². The topological polar surface area (TPSA) is 17.1 Å². The molecule has 1 nitrogen and oxygen atoms in total. The summed E-state index contributed by atoms with van der Waals surface area (Å²) < 4.78 is 37.8. The van der Waals surface area contributed by atoms with Crippen molar-refractivity contribution in [2.75, 3.05) is 0 Å². The molecule has 0 saturated heterocycles. The van der Waals surface area contributed by atoms with Crippen molar-refractivity contribution in [1.29, 1.82) is 0 Å². The molecule has 17 heavy (non-hydrogen) atoms. The molecule has 0 aliphatic carbocycles. The van der Waals surface area contributed by atoms with Gasteiger partial charge in [0.25, 0.3) is 5.24 Å². The van der Waals surface area contributed by atoms with Gasteiger partial charge in [0.2, 0.25) is 0 Å². The van der Waals surface area contributed by atoms with E-state index in [0.29, 0.717) is 6.07 Å². The van der Waals surface area contributed by atoms with Crippen LogP contribution in [-0.2, 0) is 6.18 Å². The van der Waals surface area contributed by atoms with Gasteiger partial charge >= 0.3 is 6.18 Å². The minimum absolute atomic E-state index is 0.0204. The van der Waals surface area contributed by atoms with Crippen molar-refractivity contribution in [3.05, 3.63) is 33.8 Å². The van der Waals surface area contributed by atoms with Gasteiger partial charge in [0.15, 0.2) is 0 Å². The Kier molecular flexibility index (Phi) is 4.10. The zero-order valence-electron chi connectivity index (χ0n) is 9.03. The highest BCUT2D eigenvalue weighted by Crippen LogP contribution is 2.36. The van der Waals surface area contributed by atoms with Gasteiger partial charge in [-0.2, -0.15) is 13.2 Å². The maximum atomic E-state index is 12.6. The third-order valence-corrected chi connectivity index (χ3v) is 2.89. The minimum Gasteiger partial charge on any atom is -0.276 e. The fourth-order valence-corrected chi connectivity index (χ4v) is 1.98. The molecule has 0 aliphatic heterocycles. The average molecular weight is 285 g/mol. The molecular weight excluding hydrogens is 276 g/mol. The van der Waals surface area contributed by atoms with Gasteiger partial charge in [-0.15, -0.1) is 0 Å². The molecule has 0 aromatic heterocycles. The monoisotopic (exact) mass is 284 g/mol. The molecule has 0 amide bonds. The Morgan fingerprint density at radius 2 is 1.82 bits per heavy atom. The van der Waals surface area contributed by atoms with Crippen LogP contribution in [0.1, 0.15) is 41.3 Å². The Bertz CT molecular complexity index is 453. The van der Waals surface area contributed by atoms with Gasteiger partial charge < -0.3 is 0 Å². The van der Waals surface area contributed by atoms with E-state index in [4.69, 9.17) is 23.2 Å². The van der Waals surface area contributed by atoms with E-state index in [1.165, 1.54) is 0 Å². The van der Waals surface area contributed by atoms with Crippen LogP contribution in [0.25, 0.3) is 0 Å². The molecule has 0 spiro atoms. The zero-order chi connectivity index (χ0) is 13.4. The van der Waals surface area contributed by atoms with Gasteiger partial charge in [-0.1, -0.05) is 25.4 Å². The van der Waals surface area contributed by atoms with Gasteiger partial charge in [-0.3, -0.25) is 4.79 Å². The smallest absolute Gasteiger partial charge is 0.276 e. The predicted octanol–water partition coefficient (Wildman–Crippen LogP) is 4.86. The second-order valence-corrected chi connectivity index (χ2v) is 4.57. The standard InChI is InChI=1S/C11H9Cl2F3O/c1-5(2)7-3-6(11(14,15)16)4-8(9(7)12)10(13)17/h3-5H,1-2H3. The summed E-state index contributed by atoms with van der Waals surface area (Å²) in [6.07, 6.45) is -4.53. The molecule has 0 aliphatic rings. The number of halogens is 5. The Morgan fingerprint density at radius 3 is 2.18 bits per heavy atom. The first kappa shape index (κ1) is 14.3. The van der Waals surface area contributed by atoms with Crippen molar-refractivity contribution in [2.45, 2.75) is 25.9 Å². The number of alkyl halides is 3. The first-order chi connectivity index (χ1) is 7.64. The van der Waals surface area contributed by atoms with Crippen LogP contribution in [0.5, 0.6) is 0 Å². The first-order valence-electron chi connectivity index (χ1n) is 4.75. The number of carbonyl (C=O) groups is 1. The molecule has 94 valence electrons. The third-order valence-electron chi connectivity index (χ3n) is 2.26. The van der Waals surface area contributed by atoms with Crippen LogP contribution in [0, 0.1) is 0 Å². The molecule has 0 atom stereocenters. The molecule has 0 heterocycles. The van der Waals surface area contributed by atoms with E-state index in [2.05, 4.69) is 0 Å². The highest BCUT2D eigenvalue weighted by molar-refractivity contribution is 6.68. The van der Waals surface area contributed by atoms with E-state index in [1.807, 2.05) is 0 Å². The van der Waals surface area contributed by atoms with Gasteiger partial charge in [0.1, 0.15) is 0 Å². The Balaban J connectivity index is 3.53. The number of hydrogen-bond donors (Lipinski definition) is 0. The number of benzene rings is 1. The second-order valence-electron chi connectivity index (χ2n) is 3.85. The van der Waals surface area contributed by atoms with Crippen LogP contribution in [0.15, 0.2) is 12.1 Å². The van der Waals surface area contributed by atoms with Crippen LogP contribution in [0.4, 0.5) is 13.2 Å². The summed E-state index contributed by atoms with van der Waals surface area (Å²) in [7, 11) is 0. The van der Waals surface area contributed by atoms with E-state index in [1.54, 1.807) is 13.8 Å². The van der Waals surface area contributed by atoms with Crippen LogP contribution >= 0.6 is 23.2 Å². The molecular formula is C11H9Cl2F3O. The molecule has 0 bridgehead atoms. The maximum absolute atomic E-state index is 12.6. The lowest BCUT2D eigenvalue weighted by Gasteiger charge is -2.15. The summed E-state index contributed by atoms with van der Waals surface area (Å²) in [5, 5.41) is -1.02. The van der Waals surface area contributed by atoms with Crippen LogP contribution in [0.2, 0.25) is 5.02 Å². The molecule has 0 radical (unpaired) electrons. The van der Waals surface area contributed by atoms with Gasteiger partial charge in [-0.05, 0) is 35.2 Å². The van der Waals surface area contributed by atoms with Crippen molar-refractivity contribution in [3.63, 3.8) is 0 Å². The van der Waals surface area contributed by atoms with Crippen molar-refractivity contribution in [2.24, 2.45) is 0 Å². The van der Waals surface area contributed by atoms with Gasteiger partial charge in [0, 0.05) is 0 Å². The molecule has 1 aromatic carbocycles. The summed E-state index contributed by atoms with van der Waals surface area (Å²) >= 11 is 11.1. The molecule has 0 saturated carbocycles. The second kappa shape index (κ2) is 4.86. The lowest BCUT2D eigenvalue weighted by Crippen LogP contribution is -2.09. The van der Waals surface area contributed by atoms with E-state index < -0.39 is 17.0 Å². The first-order valence-corrected chi connectivity index (χ1v) is 5.50. The van der Waals surface area contributed by atoms with E-state index >= 15 is 0 Å². The average Bonchev–Trinajstić information content (AvgIpc) is 2.14. The van der Waals surface area contributed by atoms with Crippen LogP contribution < -0.4 is 0 Å². The van der Waals surface area contributed by atoms with E-state index in [0.717, 1.165) is 6.07 Å². The molecule has 0 unspecified atom stereocenters. The number of hydrogen-bond acceptors (Lipinski definition) is 1. The fourth-order valence-electron chi connectivity index (χ4n) is 1.37. The quantitative estimate of drug-likeness (QED) is 0.709. The normalized spacial score (nSPS) is 12.0. The molecule has 0 fully saturated rings. The summed E-state index contributed by atoms with van der Waals surface area (Å²) in [5.74, 6) is -0.237. The highest BCUT2D eigenvalue weighted by Gasteiger charge is 2.33. The number of carbonyl (C=O) groups excluding carboxylic acids is 1. The van der Waals surface area contributed by atoms with Crippen LogP contribution in [-0.4, -0.2) is 5.24 Å². The van der Waals surface area contributed by atoms with Gasteiger partial charge in [0.05, 0.1) is 16.1 Å². The third kappa shape index (κ3) is 3.13. The largest absolute Gasteiger partial charge is 0.416 e. The van der Waals surface area contributed by atoms with Crippen molar-refractivity contribution < 1.29 is 18.0 Å². The summed E-state index contributed by atoms with van der Waals surface area (Å²) in [4.78, 5) is 11.0.